The average molecular weight is 521 g/mol. The Morgan fingerprint density at radius 2 is 2.00 bits per heavy atom. The van der Waals surface area contributed by atoms with Gasteiger partial charge in [0, 0.05) is 42.3 Å². The molecular formula is C28H30F2N6O2. The number of hydrogen-bond donors (Lipinski definition) is 3. The van der Waals surface area contributed by atoms with E-state index < -0.39 is 11.6 Å². The fourth-order valence-electron chi connectivity index (χ4n) is 4.13. The SMILES string of the molecule is C=CCNCCCNC(=O)c1ccc(Nc2nccn3c(-c4ccc(OC)c(F)c4F)cnc23)cc1CC. The van der Waals surface area contributed by atoms with Crippen LogP contribution in [-0.2, 0) is 6.42 Å². The Bertz CT molecular complexity index is 1450. The van der Waals surface area contributed by atoms with Crippen LogP contribution in [0.25, 0.3) is 16.9 Å². The number of aromatic nitrogens is 3. The standard InChI is InChI=1S/C28H30F2N6O2/c1-4-11-31-12-6-13-33-28(37)20-8-7-19(16-18(20)5-2)35-26-27-34-17-22(36(27)15-14-32-26)21-9-10-23(38-3)25(30)24(21)29/h4,7-10,14-17,31H,1,5-6,11-13H2,2-3H3,(H,32,35)(H,33,37). The maximum Gasteiger partial charge on any atom is 0.251 e. The zero-order chi connectivity index (χ0) is 27.1. The monoisotopic (exact) mass is 520 g/mol. The molecule has 0 unspecified atom stereocenters. The number of fused-ring (bicyclic) bond motifs is 1. The first-order valence-corrected chi connectivity index (χ1v) is 12.3. The molecular weight excluding hydrogens is 490 g/mol. The second kappa shape index (κ2) is 12.3. The maximum atomic E-state index is 14.8. The van der Waals surface area contributed by atoms with Gasteiger partial charge in [0.05, 0.1) is 19.0 Å². The molecule has 4 aromatic rings. The zero-order valence-electron chi connectivity index (χ0n) is 21.4. The molecule has 0 spiro atoms. The number of anilines is 2. The number of nitrogens with zero attached hydrogens (tertiary/aromatic N) is 3. The predicted molar refractivity (Wildman–Crippen MR) is 144 cm³/mol. The highest BCUT2D eigenvalue weighted by Crippen LogP contribution is 2.31. The minimum atomic E-state index is -1.06. The molecule has 4 rings (SSSR count). The summed E-state index contributed by atoms with van der Waals surface area (Å²) < 4.78 is 35.6. The molecule has 0 bridgehead atoms. The molecule has 1 amide bonds. The Balaban J connectivity index is 1.54. The number of benzene rings is 2. The van der Waals surface area contributed by atoms with Crippen molar-refractivity contribution in [2.24, 2.45) is 0 Å². The van der Waals surface area contributed by atoms with E-state index >= 15 is 0 Å². The second-order valence-electron chi connectivity index (χ2n) is 8.51. The van der Waals surface area contributed by atoms with Crippen LogP contribution in [0.4, 0.5) is 20.3 Å². The first-order valence-electron chi connectivity index (χ1n) is 12.3. The lowest BCUT2D eigenvalue weighted by Crippen LogP contribution is -2.28. The Hall–Kier alpha value is -4.31. The Morgan fingerprint density at radius 3 is 2.76 bits per heavy atom. The van der Waals surface area contributed by atoms with Crippen molar-refractivity contribution in [2.75, 3.05) is 32.1 Å². The second-order valence-corrected chi connectivity index (χ2v) is 8.51. The van der Waals surface area contributed by atoms with Crippen molar-refractivity contribution in [1.29, 1.82) is 0 Å². The van der Waals surface area contributed by atoms with Crippen molar-refractivity contribution in [3.8, 4) is 17.0 Å². The van der Waals surface area contributed by atoms with Gasteiger partial charge in [-0.3, -0.25) is 9.20 Å². The summed E-state index contributed by atoms with van der Waals surface area (Å²) in [6, 6.07) is 8.29. The van der Waals surface area contributed by atoms with Crippen molar-refractivity contribution in [1.82, 2.24) is 25.0 Å². The van der Waals surface area contributed by atoms with Gasteiger partial charge in [-0.05, 0) is 55.3 Å². The number of imidazole rings is 1. The molecule has 2 aromatic heterocycles. The quantitative estimate of drug-likeness (QED) is 0.182. The number of carbonyl (C=O) groups excluding carboxylic acids is 1. The zero-order valence-corrected chi connectivity index (χ0v) is 21.4. The number of carbonyl (C=O) groups is 1. The van der Waals surface area contributed by atoms with Gasteiger partial charge >= 0.3 is 0 Å². The lowest BCUT2D eigenvalue weighted by molar-refractivity contribution is 0.0952. The third-order valence-corrected chi connectivity index (χ3v) is 6.07. The van der Waals surface area contributed by atoms with Crippen LogP contribution < -0.4 is 20.7 Å². The number of ether oxygens (including phenoxy) is 1. The molecule has 0 fully saturated rings. The predicted octanol–water partition coefficient (Wildman–Crippen LogP) is 4.88. The van der Waals surface area contributed by atoms with E-state index in [0.717, 1.165) is 30.8 Å². The van der Waals surface area contributed by atoms with E-state index in [1.165, 1.54) is 25.4 Å². The normalized spacial score (nSPS) is 10.9. The lowest BCUT2D eigenvalue weighted by atomic mass is 10.0. The van der Waals surface area contributed by atoms with Gasteiger partial charge in [-0.1, -0.05) is 13.0 Å². The van der Waals surface area contributed by atoms with E-state index in [0.29, 0.717) is 35.7 Å². The molecule has 0 saturated heterocycles. The van der Waals surface area contributed by atoms with Crippen LogP contribution in [0, 0.1) is 11.6 Å². The molecule has 8 nitrogen and oxygen atoms in total. The average Bonchev–Trinajstić information content (AvgIpc) is 3.37. The molecule has 0 atom stereocenters. The number of aryl methyl sites for hydroxylation is 1. The highest BCUT2D eigenvalue weighted by molar-refractivity contribution is 5.96. The topological polar surface area (TPSA) is 92.6 Å². The summed E-state index contributed by atoms with van der Waals surface area (Å²) >= 11 is 0. The highest BCUT2D eigenvalue weighted by Gasteiger charge is 2.19. The van der Waals surface area contributed by atoms with Gasteiger partial charge in [0.2, 0.25) is 5.82 Å². The number of rotatable bonds is 12. The number of amides is 1. The van der Waals surface area contributed by atoms with Crippen LogP contribution in [0.2, 0.25) is 0 Å². The van der Waals surface area contributed by atoms with E-state index in [9.17, 15) is 13.6 Å². The Morgan fingerprint density at radius 1 is 1.16 bits per heavy atom. The third-order valence-electron chi connectivity index (χ3n) is 6.07. The molecule has 0 radical (unpaired) electrons. The number of hydrogen-bond acceptors (Lipinski definition) is 6. The largest absolute Gasteiger partial charge is 0.494 e. The minimum absolute atomic E-state index is 0.0491. The van der Waals surface area contributed by atoms with Crippen LogP contribution in [0.5, 0.6) is 5.75 Å². The van der Waals surface area contributed by atoms with Crippen molar-refractivity contribution in [3.05, 3.63) is 84.3 Å². The van der Waals surface area contributed by atoms with Crippen LogP contribution >= 0.6 is 0 Å². The summed E-state index contributed by atoms with van der Waals surface area (Å²) in [5.41, 5.74) is 3.06. The molecule has 2 aromatic carbocycles. The van der Waals surface area contributed by atoms with Crippen LogP contribution in [0.1, 0.15) is 29.3 Å². The summed E-state index contributed by atoms with van der Waals surface area (Å²) in [6.45, 7) is 7.75. The highest BCUT2D eigenvalue weighted by atomic mass is 19.2. The van der Waals surface area contributed by atoms with Gasteiger partial charge in [0.15, 0.2) is 23.0 Å². The van der Waals surface area contributed by atoms with E-state index in [1.54, 1.807) is 35.0 Å². The van der Waals surface area contributed by atoms with Gasteiger partial charge in [-0.15, -0.1) is 6.58 Å². The van der Waals surface area contributed by atoms with Crippen LogP contribution in [0.15, 0.2) is 61.6 Å². The molecule has 0 aliphatic rings. The van der Waals surface area contributed by atoms with Gasteiger partial charge in [0.1, 0.15) is 0 Å². The van der Waals surface area contributed by atoms with Gasteiger partial charge in [0.25, 0.3) is 5.91 Å². The fourth-order valence-corrected chi connectivity index (χ4v) is 4.13. The van der Waals surface area contributed by atoms with Gasteiger partial charge < -0.3 is 20.7 Å². The van der Waals surface area contributed by atoms with Crippen molar-refractivity contribution < 1.29 is 18.3 Å². The summed E-state index contributed by atoms with van der Waals surface area (Å²) in [5, 5.41) is 9.40. The van der Waals surface area contributed by atoms with Crippen LogP contribution in [-0.4, -0.2) is 47.0 Å². The molecule has 38 heavy (non-hydrogen) atoms. The first kappa shape index (κ1) is 26.7. The van der Waals surface area contributed by atoms with Crippen molar-refractivity contribution in [3.63, 3.8) is 0 Å². The fraction of sp³-hybridized carbons (Fsp3) is 0.250. The van der Waals surface area contributed by atoms with E-state index in [1.807, 2.05) is 13.0 Å². The summed E-state index contributed by atoms with van der Waals surface area (Å²) in [4.78, 5) is 21.5. The third kappa shape index (κ3) is 5.65. The van der Waals surface area contributed by atoms with E-state index in [-0.39, 0.29) is 17.2 Å². The van der Waals surface area contributed by atoms with Crippen molar-refractivity contribution >= 4 is 23.1 Å². The maximum absolute atomic E-state index is 14.8. The van der Waals surface area contributed by atoms with E-state index in [4.69, 9.17) is 4.74 Å². The molecule has 10 heteroatoms. The number of halogens is 2. The van der Waals surface area contributed by atoms with Crippen molar-refractivity contribution in [2.45, 2.75) is 19.8 Å². The van der Waals surface area contributed by atoms with Crippen LogP contribution in [0.3, 0.4) is 0 Å². The summed E-state index contributed by atoms with van der Waals surface area (Å²) in [7, 11) is 1.28. The molecule has 2 heterocycles. The molecule has 0 saturated carbocycles. The molecule has 198 valence electrons. The molecule has 0 aliphatic carbocycles. The minimum Gasteiger partial charge on any atom is -0.494 e. The van der Waals surface area contributed by atoms with Gasteiger partial charge in [-0.2, -0.15) is 4.39 Å². The Kier molecular flexibility index (Phi) is 8.65. The van der Waals surface area contributed by atoms with E-state index in [2.05, 4.69) is 32.5 Å². The van der Waals surface area contributed by atoms with Gasteiger partial charge in [-0.25, -0.2) is 14.4 Å². The Labute approximate surface area is 219 Å². The summed E-state index contributed by atoms with van der Waals surface area (Å²) in [5.74, 6) is -1.95. The summed E-state index contributed by atoms with van der Waals surface area (Å²) in [6.07, 6.45) is 7.91. The number of nitrogens with one attached hydrogen (secondary N) is 3. The molecule has 3 N–H and O–H groups in total. The first-order chi connectivity index (χ1) is 18.5. The molecule has 0 aliphatic heterocycles. The smallest absolute Gasteiger partial charge is 0.251 e. The number of methoxy groups -OCH3 is 1. The lowest BCUT2D eigenvalue weighted by Gasteiger charge is -2.13.